The summed E-state index contributed by atoms with van der Waals surface area (Å²) in [4.78, 5) is 46.9. The summed E-state index contributed by atoms with van der Waals surface area (Å²) in [6.07, 6.45) is 2.19. The van der Waals surface area contributed by atoms with Gasteiger partial charge in [0.15, 0.2) is 24.0 Å². The Morgan fingerprint density at radius 1 is 1.15 bits per heavy atom. The number of piperazine rings is 1. The number of hydrogen-bond acceptors (Lipinski definition) is 8. The zero-order valence-electron chi connectivity index (χ0n) is 25.8. The van der Waals surface area contributed by atoms with Crippen molar-refractivity contribution in [2.45, 2.75) is 38.3 Å². The lowest BCUT2D eigenvalue weighted by atomic mass is 9.97. The number of aliphatic hydroxyl groups is 1. The molecule has 3 amide bonds. The number of nitriles is 1. The molecule has 2 aliphatic rings. The van der Waals surface area contributed by atoms with Gasteiger partial charge in [-0.3, -0.25) is 14.4 Å². The molecule has 3 N–H and O–H groups in total. The molecular weight excluding hydrogens is 600 g/mol. The van der Waals surface area contributed by atoms with Crippen LogP contribution in [0, 0.1) is 29.9 Å². The molecule has 14 heteroatoms. The van der Waals surface area contributed by atoms with Gasteiger partial charge in [0.1, 0.15) is 6.07 Å². The van der Waals surface area contributed by atoms with Gasteiger partial charge in [0.25, 0.3) is 11.8 Å². The lowest BCUT2D eigenvalue weighted by Gasteiger charge is -2.36. The molecule has 2 aromatic carbocycles. The highest BCUT2D eigenvalue weighted by molar-refractivity contribution is 6.03. The van der Waals surface area contributed by atoms with E-state index in [9.17, 15) is 28.3 Å². The fourth-order valence-electron chi connectivity index (χ4n) is 5.79. The zero-order chi connectivity index (χ0) is 33.2. The Kier molecular flexibility index (Phi) is 9.36. The zero-order valence-corrected chi connectivity index (χ0v) is 25.8. The molecule has 2 saturated heterocycles. The first-order valence-corrected chi connectivity index (χ1v) is 14.9. The minimum absolute atomic E-state index is 0.0583. The van der Waals surface area contributed by atoms with E-state index in [1.165, 1.54) is 29.9 Å². The van der Waals surface area contributed by atoms with Crippen LogP contribution in [0.2, 0.25) is 0 Å². The summed E-state index contributed by atoms with van der Waals surface area (Å²) in [7, 11) is 1.49. The van der Waals surface area contributed by atoms with Crippen LogP contribution in [-0.4, -0.2) is 93.2 Å². The number of amides is 3. The highest BCUT2D eigenvalue weighted by atomic mass is 19.2. The number of halogens is 2. The Morgan fingerprint density at radius 2 is 1.87 bits per heavy atom. The molecule has 46 heavy (non-hydrogen) atoms. The first kappa shape index (κ1) is 32.5. The van der Waals surface area contributed by atoms with Crippen LogP contribution in [0.4, 0.5) is 14.5 Å². The van der Waals surface area contributed by atoms with Crippen LogP contribution in [0.5, 0.6) is 5.75 Å². The molecule has 0 bridgehead atoms. The number of nitrogens with one attached hydrogen (secondary N) is 2. The van der Waals surface area contributed by atoms with E-state index in [1.54, 1.807) is 41.0 Å². The first-order chi connectivity index (χ1) is 22.0. The molecule has 0 unspecified atom stereocenters. The summed E-state index contributed by atoms with van der Waals surface area (Å²) in [5, 5.41) is 24.9. The third kappa shape index (κ3) is 6.42. The molecular formula is C32H35F2N7O5. The number of nitrogens with zero attached hydrogens (tertiary/aromatic N) is 5. The number of aromatic nitrogens is 2. The summed E-state index contributed by atoms with van der Waals surface area (Å²) in [6.45, 7) is 5.11. The van der Waals surface area contributed by atoms with Crippen LogP contribution in [0.3, 0.4) is 0 Å². The smallest absolute Gasteiger partial charge is 0.291 e. The SMILES string of the molecule is CC[C@@]1(O)CN[C@H](C(=O)N2CCN(C(=O)c3ccc(NC(=O)c4ncc(-c5ccc(OCC#N)c(F)c5F)n4C)cc3C)CC2)C1. The molecule has 0 spiro atoms. The summed E-state index contributed by atoms with van der Waals surface area (Å²) < 4.78 is 35.5. The van der Waals surface area contributed by atoms with Crippen LogP contribution in [0.25, 0.3) is 11.3 Å². The molecule has 2 atom stereocenters. The molecule has 2 aliphatic heterocycles. The van der Waals surface area contributed by atoms with Gasteiger partial charge in [0.2, 0.25) is 11.7 Å². The predicted octanol–water partition coefficient (Wildman–Crippen LogP) is 2.62. The number of carbonyl (C=O) groups excluding carboxylic acids is 3. The van der Waals surface area contributed by atoms with Gasteiger partial charge in [-0.05, 0) is 49.2 Å². The molecule has 5 rings (SSSR count). The van der Waals surface area contributed by atoms with Crippen molar-refractivity contribution in [1.82, 2.24) is 24.7 Å². The summed E-state index contributed by atoms with van der Waals surface area (Å²) in [6, 6.07) is 8.61. The average Bonchev–Trinajstić information content (AvgIpc) is 3.64. The Bertz CT molecular complexity index is 1710. The van der Waals surface area contributed by atoms with Gasteiger partial charge in [0, 0.05) is 63.0 Å². The fraction of sp³-hybridized carbons (Fsp3) is 0.406. The van der Waals surface area contributed by atoms with Crippen molar-refractivity contribution in [3.05, 3.63) is 65.1 Å². The molecule has 0 radical (unpaired) electrons. The number of ether oxygens (including phenoxy) is 1. The van der Waals surface area contributed by atoms with Crippen LogP contribution in [0.1, 0.15) is 46.3 Å². The number of hydrogen-bond donors (Lipinski definition) is 3. The van der Waals surface area contributed by atoms with Gasteiger partial charge in [-0.15, -0.1) is 0 Å². The van der Waals surface area contributed by atoms with E-state index < -0.39 is 41.5 Å². The monoisotopic (exact) mass is 635 g/mol. The van der Waals surface area contributed by atoms with E-state index in [4.69, 9.17) is 10.00 Å². The maximum atomic E-state index is 14.8. The number of aryl methyl sites for hydroxylation is 1. The van der Waals surface area contributed by atoms with Crippen molar-refractivity contribution < 1.29 is 33.0 Å². The standard InChI is InChI=1S/C32H35F2N7O5/c1-4-32(45)16-23(37-18-32)31(44)41-12-10-40(11-13-41)30(43)21-6-5-20(15-19(21)2)38-29(42)28-36-17-24(39(28)3)22-7-8-25(46-14-9-35)27(34)26(22)33/h5-8,15,17,23,37,45H,4,10-14,16,18H2,1-3H3,(H,38,42)/t23-,32-/m0/s1. The van der Waals surface area contributed by atoms with Crippen molar-refractivity contribution in [1.29, 1.82) is 5.26 Å². The molecule has 1 aromatic heterocycles. The van der Waals surface area contributed by atoms with E-state index in [0.717, 1.165) is 0 Å². The Morgan fingerprint density at radius 3 is 2.52 bits per heavy atom. The Labute approximate surface area is 264 Å². The second-order valence-corrected chi connectivity index (χ2v) is 11.5. The third-order valence-electron chi connectivity index (χ3n) is 8.62. The van der Waals surface area contributed by atoms with Crippen molar-refractivity contribution in [2.75, 3.05) is 44.6 Å². The average molecular weight is 636 g/mol. The minimum Gasteiger partial charge on any atom is -0.476 e. The largest absolute Gasteiger partial charge is 0.476 e. The van der Waals surface area contributed by atoms with Crippen molar-refractivity contribution in [3.8, 4) is 23.1 Å². The number of imidazole rings is 1. The minimum atomic E-state index is -1.26. The van der Waals surface area contributed by atoms with Gasteiger partial charge in [-0.25, -0.2) is 9.37 Å². The van der Waals surface area contributed by atoms with Gasteiger partial charge >= 0.3 is 0 Å². The highest BCUT2D eigenvalue weighted by Gasteiger charge is 2.41. The van der Waals surface area contributed by atoms with Gasteiger partial charge in [0.05, 0.1) is 23.5 Å². The van der Waals surface area contributed by atoms with E-state index in [-0.39, 0.29) is 28.9 Å². The topological polar surface area (TPSA) is 153 Å². The molecule has 2 fully saturated rings. The Balaban J connectivity index is 1.20. The number of anilines is 1. The maximum absolute atomic E-state index is 14.8. The van der Waals surface area contributed by atoms with Crippen LogP contribution >= 0.6 is 0 Å². The second kappa shape index (κ2) is 13.2. The lowest BCUT2D eigenvalue weighted by Crippen LogP contribution is -2.54. The quantitative estimate of drug-likeness (QED) is 0.342. The number of rotatable bonds is 8. The first-order valence-electron chi connectivity index (χ1n) is 14.9. The summed E-state index contributed by atoms with van der Waals surface area (Å²) in [5.41, 5.74) is 0.638. The van der Waals surface area contributed by atoms with Crippen molar-refractivity contribution >= 4 is 23.4 Å². The van der Waals surface area contributed by atoms with Crippen molar-refractivity contribution in [3.63, 3.8) is 0 Å². The summed E-state index contributed by atoms with van der Waals surface area (Å²) in [5.74, 6) is -3.77. The molecule has 12 nitrogen and oxygen atoms in total. The third-order valence-corrected chi connectivity index (χ3v) is 8.62. The number of benzene rings is 2. The van der Waals surface area contributed by atoms with E-state index >= 15 is 0 Å². The van der Waals surface area contributed by atoms with Crippen molar-refractivity contribution in [2.24, 2.45) is 7.05 Å². The van der Waals surface area contributed by atoms with Gasteiger partial charge in [-0.1, -0.05) is 6.92 Å². The lowest BCUT2D eigenvalue weighted by molar-refractivity contribution is -0.135. The van der Waals surface area contributed by atoms with Gasteiger partial charge in [-0.2, -0.15) is 9.65 Å². The normalized spacial score (nSPS) is 19.5. The van der Waals surface area contributed by atoms with E-state index in [1.807, 2.05) is 6.92 Å². The van der Waals surface area contributed by atoms with Crippen LogP contribution in [0.15, 0.2) is 36.5 Å². The van der Waals surface area contributed by atoms with Gasteiger partial charge < -0.3 is 34.8 Å². The Hall–Kier alpha value is -4.87. The maximum Gasteiger partial charge on any atom is 0.291 e. The number of carbonyl (C=O) groups is 3. The molecule has 3 aromatic rings. The molecule has 242 valence electrons. The van der Waals surface area contributed by atoms with E-state index in [2.05, 4.69) is 15.6 Å². The number of β-amino-alcohol motifs (C(OH)–C–C–N with tert-alkyl or cyclic N) is 1. The van der Waals surface area contributed by atoms with Crippen LogP contribution in [-0.2, 0) is 11.8 Å². The van der Waals surface area contributed by atoms with E-state index in [0.29, 0.717) is 62.4 Å². The predicted molar refractivity (Wildman–Crippen MR) is 163 cm³/mol. The molecule has 3 heterocycles. The fourth-order valence-corrected chi connectivity index (χ4v) is 5.79. The highest BCUT2D eigenvalue weighted by Crippen LogP contribution is 2.30. The van der Waals surface area contributed by atoms with Crippen LogP contribution < -0.4 is 15.4 Å². The summed E-state index contributed by atoms with van der Waals surface area (Å²) >= 11 is 0. The molecule has 0 saturated carbocycles. The molecule has 0 aliphatic carbocycles. The second-order valence-electron chi connectivity index (χ2n) is 11.5.